The fourth-order valence-corrected chi connectivity index (χ4v) is 3.82. The maximum absolute atomic E-state index is 13.1. The van der Waals surface area contributed by atoms with Crippen molar-refractivity contribution >= 4 is 17.8 Å². The van der Waals surface area contributed by atoms with Gasteiger partial charge in [0.2, 0.25) is 11.9 Å². The molecule has 0 aromatic carbocycles. The highest BCUT2D eigenvalue weighted by atomic mass is 19.1. The molecule has 2 fully saturated rings. The minimum Gasteiger partial charge on any atom is -0.486 e. The largest absolute Gasteiger partial charge is 0.486 e. The molecule has 1 spiro atoms. The summed E-state index contributed by atoms with van der Waals surface area (Å²) in [7, 11) is 0. The molecule has 3 rings (SSSR count). The smallest absolute Gasteiger partial charge is 0.306 e. The fraction of sp³-hybridized carbons (Fsp3) is 0.636. The highest BCUT2D eigenvalue weighted by Crippen LogP contribution is 2.38. The zero-order valence-corrected chi connectivity index (χ0v) is 18.4. The predicted molar refractivity (Wildman–Crippen MR) is 113 cm³/mol. The first-order valence-electron chi connectivity index (χ1n) is 10.6. The SMILES string of the molecule is CC(C)(C)OC(=O)CC/C(=C\F)COc1cnc(N2CCC3(CC2)CNC(=O)C3)nc1. The van der Waals surface area contributed by atoms with Crippen LogP contribution in [0.1, 0.15) is 52.9 Å². The molecular formula is C22H31FN4O4. The molecule has 0 aliphatic carbocycles. The lowest BCUT2D eigenvalue weighted by Gasteiger charge is -2.38. The van der Waals surface area contributed by atoms with Crippen molar-refractivity contribution in [3.05, 3.63) is 24.3 Å². The normalized spacial score (nSPS) is 18.8. The Morgan fingerprint density at radius 3 is 2.48 bits per heavy atom. The van der Waals surface area contributed by atoms with Crippen molar-refractivity contribution in [2.45, 2.75) is 58.5 Å². The van der Waals surface area contributed by atoms with Crippen LogP contribution in [-0.4, -0.2) is 53.7 Å². The first-order valence-corrected chi connectivity index (χ1v) is 10.6. The molecule has 0 saturated carbocycles. The van der Waals surface area contributed by atoms with Crippen LogP contribution >= 0.6 is 0 Å². The molecule has 1 N–H and O–H groups in total. The minimum absolute atomic E-state index is 0.00919. The van der Waals surface area contributed by atoms with Gasteiger partial charge in [-0.3, -0.25) is 9.59 Å². The summed E-state index contributed by atoms with van der Waals surface area (Å²) in [5, 5.41) is 2.93. The number of rotatable bonds is 7. The summed E-state index contributed by atoms with van der Waals surface area (Å²) >= 11 is 0. The summed E-state index contributed by atoms with van der Waals surface area (Å²) in [6.45, 7) is 7.74. The fourth-order valence-electron chi connectivity index (χ4n) is 3.82. The number of halogens is 1. The van der Waals surface area contributed by atoms with E-state index in [4.69, 9.17) is 9.47 Å². The van der Waals surface area contributed by atoms with Crippen LogP contribution in [0.5, 0.6) is 5.75 Å². The number of nitrogens with one attached hydrogen (secondary N) is 1. The van der Waals surface area contributed by atoms with E-state index < -0.39 is 5.60 Å². The van der Waals surface area contributed by atoms with E-state index in [1.54, 1.807) is 33.2 Å². The topological polar surface area (TPSA) is 93.7 Å². The Kier molecular flexibility index (Phi) is 7.12. The van der Waals surface area contributed by atoms with Crippen LogP contribution in [0.4, 0.5) is 10.3 Å². The molecule has 2 aliphatic rings. The Morgan fingerprint density at radius 2 is 1.94 bits per heavy atom. The monoisotopic (exact) mass is 434 g/mol. The standard InChI is InChI=1S/C22H31FN4O4/c1-21(2,3)31-19(29)5-4-16(11-23)14-30-17-12-24-20(25-13-17)27-8-6-22(7-9-27)10-18(28)26-15-22/h11-13H,4-10,14-15H2,1-3H3,(H,26,28)/b16-11+. The Morgan fingerprint density at radius 1 is 1.26 bits per heavy atom. The third-order valence-corrected chi connectivity index (χ3v) is 5.57. The average Bonchev–Trinajstić information content (AvgIpc) is 3.08. The van der Waals surface area contributed by atoms with Crippen molar-refractivity contribution < 1.29 is 23.5 Å². The van der Waals surface area contributed by atoms with Gasteiger partial charge in [-0.2, -0.15) is 0 Å². The van der Waals surface area contributed by atoms with Crippen LogP contribution in [0.25, 0.3) is 0 Å². The number of aromatic nitrogens is 2. The second kappa shape index (κ2) is 9.62. The zero-order valence-electron chi connectivity index (χ0n) is 18.4. The van der Waals surface area contributed by atoms with Gasteiger partial charge in [-0.1, -0.05) is 0 Å². The molecule has 170 valence electrons. The number of hydrogen-bond donors (Lipinski definition) is 1. The van der Waals surface area contributed by atoms with Gasteiger partial charge in [-0.05, 0) is 51.0 Å². The number of carbonyl (C=O) groups is 2. The third-order valence-electron chi connectivity index (χ3n) is 5.57. The van der Waals surface area contributed by atoms with E-state index in [1.807, 2.05) is 0 Å². The number of carbonyl (C=O) groups excluding carboxylic acids is 2. The number of nitrogens with zero attached hydrogens (tertiary/aromatic N) is 3. The van der Waals surface area contributed by atoms with Crippen molar-refractivity contribution in [3.8, 4) is 5.75 Å². The van der Waals surface area contributed by atoms with Crippen LogP contribution in [0.15, 0.2) is 24.3 Å². The van der Waals surface area contributed by atoms with Gasteiger partial charge in [0.05, 0.1) is 18.7 Å². The summed E-state index contributed by atoms with van der Waals surface area (Å²) in [4.78, 5) is 34.2. The van der Waals surface area contributed by atoms with Crippen LogP contribution in [-0.2, 0) is 14.3 Å². The van der Waals surface area contributed by atoms with E-state index in [0.717, 1.165) is 32.5 Å². The van der Waals surface area contributed by atoms with Gasteiger partial charge in [-0.15, -0.1) is 0 Å². The summed E-state index contributed by atoms with van der Waals surface area (Å²) in [6.07, 6.45) is 6.36. The summed E-state index contributed by atoms with van der Waals surface area (Å²) in [5.74, 6) is 0.810. The highest BCUT2D eigenvalue weighted by Gasteiger charge is 2.41. The summed E-state index contributed by atoms with van der Waals surface area (Å²) in [6, 6.07) is 0. The van der Waals surface area contributed by atoms with E-state index in [-0.39, 0.29) is 36.7 Å². The number of piperidine rings is 1. The van der Waals surface area contributed by atoms with Gasteiger partial charge in [-0.25, -0.2) is 14.4 Å². The van der Waals surface area contributed by atoms with E-state index in [2.05, 4.69) is 20.2 Å². The molecule has 9 heteroatoms. The minimum atomic E-state index is -0.563. The van der Waals surface area contributed by atoms with E-state index >= 15 is 0 Å². The Balaban J connectivity index is 1.44. The van der Waals surface area contributed by atoms with Crippen molar-refractivity contribution in [2.75, 3.05) is 31.1 Å². The van der Waals surface area contributed by atoms with Crippen LogP contribution in [0.2, 0.25) is 0 Å². The Labute approximate surface area is 182 Å². The van der Waals surface area contributed by atoms with Gasteiger partial charge >= 0.3 is 5.97 Å². The van der Waals surface area contributed by atoms with Gasteiger partial charge in [0.25, 0.3) is 0 Å². The molecular weight excluding hydrogens is 403 g/mol. The molecule has 1 amide bonds. The quantitative estimate of drug-likeness (QED) is 0.660. The van der Waals surface area contributed by atoms with Gasteiger partial charge < -0.3 is 19.7 Å². The molecule has 0 bridgehead atoms. The Hall–Kier alpha value is -2.71. The molecule has 31 heavy (non-hydrogen) atoms. The van der Waals surface area contributed by atoms with Crippen molar-refractivity contribution in [1.82, 2.24) is 15.3 Å². The number of esters is 1. The Bertz CT molecular complexity index is 812. The van der Waals surface area contributed by atoms with Crippen molar-refractivity contribution in [3.63, 3.8) is 0 Å². The second-order valence-corrected chi connectivity index (χ2v) is 9.30. The average molecular weight is 435 g/mol. The molecule has 2 saturated heterocycles. The maximum Gasteiger partial charge on any atom is 0.306 e. The van der Waals surface area contributed by atoms with E-state index in [0.29, 0.717) is 30.0 Å². The first-order chi connectivity index (χ1) is 14.7. The number of amides is 1. The highest BCUT2D eigenvalue weighted by molar-refractivity contribution is 5.79. The summed E-state index contributed by atoms with van der Waals surface area (Å²) in [5.41, 5.74) is -0.131. The maximum atomic E-state index is 13.1. The molecule has 3 heterocycles. The van der Waals surface area contributed by atoms with Crippen LogP contribution in [0, 0.1) is 5.41 Å². The van der Waals surface area contributed by atoms with Crippen molar-refractivity contribution in [1.29, 1.82) is 0 Å². The van der Waals surface area contributed by atoms with Crippen LogP contribution in [0.3, 0.4) is 0 Å². The lowest BCUT2D eigenvalue weighted by molar-refractivity contribution is -0.154. The molecule has 2 aliphatic heterocycles. The third kappa shape index (κ3) is 6.63. The number of anilines is 1. The van der Waals surface area contributed by atoms with Gasteiger partial charge in [0.1, 0.15) is 12.2 Å². The second-order valence-electron chi connectivity index (χ2n) is 9.30. The van der Waals surface area contributed by atoms with Gasteiger partial charge in [0.15, 0.2) is 5.75 Å². The van der Waals surface area contributed by atoms with Crippen LogP contribution < -0.4 is 15.0 Å². The first kappa shape index (κ1) is 23.0. The van der Waals surface area contributed by atoms with E-state index in [9.17, 15) is 14.0 Å². The van der Waals surface area contributed by atoms with Crippen molar-refractivity contribution in [2.24, 2.45) is 5.41 Å². The van der Waals surface area contributed by atoms with E-state index in [1.165, 1.54) is 0 Å². The molecule has 8 nitrogen and oxygen atoms in total. The number of ether oxygens (including phenoxy) is 2. The lowest BCUT2D eigenvalue weighted by Crippen LogP contribution is -2.41. The van der Waals surface area contributed by atoms with Gasteiger partial charge in [0, 0.05) is 32.5 Å². The molecule has 0 unspecified atom stereocenters. The molecule has 1 aromatic rings. The molecule has 0 atom stereocenters. The lowest BCUT2D eigenvalue weighted by atomic mass is 9.78. The predicted octanol–water partition coefficient (Wildman–Crippen LogP) is 2.94. The summed E-state index contributed by atoms with van der Waals surface area (Å²) < 4.78 is 23.9. The number of hydrogen-bond acceptors (Lipinski definition) is 7. The molecule has 1 aromatic heterocycles. The molecule has 0 radical (unpaired) electrons. The zero-order chi connectivity index (χ0) is 22.5.